The second-order valence-corrected chi connectivity index (χ2v) is 2.81. The summed E-state index contributed by atoms with van der Waals surface area (Å²) in [5, 5.41) is 0. The van der Waals surface area contributed by atoms with E-state index in [1.807, 2.05) is 54.6 Å². The molecule has 0 aliphatic heterocycles. The zero-order valence-corrected chi connectivity index (χ0v) is 11.6. The molecular weight excluding hydrogens is 284 g/mol. The summed E-state index contributed by atoms with van der Waals surface area (Å²) >= 11 is 0. The number of hydrogen-bond acceptors (Lipinski definition) is 1. The SMILES string of the molecule is [C-]#[O+].[C-]#[O+].[CH2-]c1ccc(OC)cc1.[Fe+2].c1cc[cH-]c1. The molecule has 0 aliphatic rings. The van der Waals surface area contributed by atoms with Crippen LogP contribution in [-0.2, 0) is 26.4 Å². The van der Waals surface area contributed by atoms with Crippen LogP contribution in [0.1, 0.15) is 5.56 Å². The minimum Gasteiger partial charge on any atom is -0.499 e. The van der Waals surface area contributed by atoms with Crippen molar-refractivity contribution in [2.45, 2.75) is 0 Å². The van der Waals surface area contributed by atoms with Crippen molar-refractivity contribution in [2.75, 3.05) is 7.11 Å². The van der Waals surface area contributed by atoms with Gasteiger partial charge in [0.2, 0.25) is 0 Å². The van der Waals surface area contributed by atoms with E-state index in [1.54, 1.807) is 7.11 Å². The van der Waals surface area contributed by atoms with E-state index >= 15 is 0 Å². The van der Waals surface area contributed by atoms with Crippen LogP contribution in [0.25, 0.3) is 0 Å². The number of rotatable bonds is 1. The van der Waals surface area contributed by atoms with Crippen LogP contribution in [0.2, 0.25) is 0 Å². The summed E-state index contributed by atoms with van der Waals surface area (Å²) < 4.78 is 19.9. The number of ether oxygens (including phenoxy) is 1. The summed E-state index contributed by atoms with van der Waals surface area (Å²) in [6.45, 7) is 12.7. The number of hydrogen-bond donors (Lipinski definition) is 0. The molecule has 2 rings (SSSR count). The molecule has 0 atom stereocenters. The van der Waals surface area contributed by atoms with Crippen molar-refractivity contribution in [3.8, 4) is 5.75 Å². The van der Waals surface area contributed by atoms with Crippen molar-refractivity contribution in [1.82, 2.24) is 0 Å². The Bertz CT molecular complexity index is 379. The average Bonchev–Trinajstić information content (AvgIpc) is 3.03. The molecule has 4 heteroatoms. The second kappa shape index (κ2) is 18.6. The third-order valence-electron chi connectivity index (χ3n) is 1.71. The molecule has 0 unspecified atom stereocenters. The maximum absolute atomic E-state index is 7.50. The Morgan fingerprint density at radius 3 is 1.68 bits per heavy atom. The molecule has 0 heterocycles. The van der Waals surface area contributed by atoms with Crippen LogP contribution in [0.4, 0.5) is 0 Å². The monoisotopic (exact) mass is 298 g/mol. The summed E-state index contributed by atoms with van der Waals surface area (Å²) in [7, 11) is 1.65. The minimum atomic E-state index is 0. The molecule has 0 spiro atoms. The van der Waals surface area contributed by atoms with Gasteiger partial charge in [0.25, 0.3) is 0 Å². The van der Waals surface area contributed by atoms with Crippen molar-refractivity contribution in [1.29, 1.82) is 0 Å². The normalized spacial score (nSPS) is 6.58. The van der Waals surface area contributed by atoms with Gasteiger partial charge in [-0.05, 0) is 0 Å². The maximum Gasteiger partial charge on any atom is 2.00 e. The molecule has 0 N–H and O–H groups in total. The van der Waals surface area contributed by atoms with Crippen molar-refractivity contribution >= 4 is 0 Å². The van der Waals surface area contributed by atoms with Gasteiger partial charge in [-0.25, -0.2) is 12.1 Å². The van der Waals surface area contributed by atoms with Gasteiger partial charge in [-0.3, -0.25) is 0 Å². The topological polar surface area (TPSA) is 49.0 Å². The largest absolute Gasteiger partial charge is 2.00 e. The van der Waals surface area contributed by atoms with Crippen LogP contribution in [0.15, 0.2) is 54.6 Å². The number of methoxy groups -OCH3 is 1. The van der Waals surface area contributed by atoms with E-state index in [2.05, 4.69) is 20.2 Å². The minimum absolute atomic E-state index is 0. The van der Waals surface area contributed by atoms with Gasteiger partial charge in [0.05, 0.1) is 12.9 Å². The van der Waals surface area contributed by atoms with Gasteiger partial charge in [0.15, 0.2) is 0 Å². The zero-order valence-electron chi connectivity index (χ0n) is 10.5. The Labute approximate surface area is 124 Å². The van der Waals surface area contributed by atoms with Gasteiger partial charge in [-0.2, -0.15) is 42.8 Å². The molecule has 19 heavy (non-hydrogen) atoms. The Morgan fingerprint density at radius 2 is 1.42 bits per heavy atom. The quantitative estimate of drug-likeness (QED) is 0.453. The van der Waals surface area contributed by atoms with Crippen molar-refractivity contribution in [3.05, 3.63) is 80.4 Å². The summed E-state index contributed by atoms with van der Waals surface area (Å²) in [5.41, 5.74) is 1.01. The third kappa shape index (κ3) is 14.2. The Kier molecular flexibility index (Phi) is 22.0. The van der Waals surface area contributed by atoms with Crippen molar-refractivity contribution < 1.29 is 31.1 Å². The molecule has 0 saturated heterocycles. The maximum atomic E-state index is 7.50. The van der Waals surface area contributed by atoms with E-state index in [9.17, 15) is 0 Å². The predicted octanol–water partition coefficient (Wildman–Crippen LogP) is 3.21. The summed E-state index contributed by atoms with van der Waals surface area (Å²) in [4.78, 5) is 0. The molecule has 3 nitrogen and oxygen atoms in total. The van der Waals surface area contributed by atoms with E-state index in [0.717, 1.165) is 11.3 Å². The van der Waals surface area contributed by atoms with Crippen molar-refractivity contribution in [3.63, 3.8) is 0 Å². The first-order chi connectivity index (χ1) is 8.83. The predicted molar refractivity (Wildman–Crippen MR) is 67.3 cm³/mol. The molecule has 0 aliphatic carbocycles. The zero-order chi connectivity index (χ0) is 14.2. The Balaban J connectivity index is -0.000000220. The van der Waals surface area contributed by atoms with Crippen LogP contribution in [0.3, 0.4) is 0 Å². The van der Waals surface area contributed by atoms with Gasteiger partial charge >= 0.3 is 39.7 Å². The van der Waals surface area contributed by atoms with E-state index < -0.39 is 0 Å². The van der Waals surface area contributed by atoms with E-state index in [0.29, 0.717) is 0 Å². The summed E-state index contributed by atoms with van der Waals surface area (Å²) in [6.07, 6.45) is 0. The molecule has 0 bridgehead atoms. The first kappa shape index (κ1) is 22.4. The fourth-order valence-corrected chi connectivity index (χ4v) is 0.946. The fraction of sp³-hybridized carbons (Fsp3) is 0.0667. The molecule has 0 aromatic heterocycles. The Morgan fingerprint density at radius 1 is 1.00 bits per heavy atom. The van der Waals surface area contributed by atoms with Crippen LogP contribution >= 0.6 is 0 Å². The molecule has 2 aromatic rings. The molecular formula is C15H14FeO3. The van der Waals surface area contributed by atoms with E-state index in [4.69, 9.17) is 14.0 Å². The fourth-order valence-electron chi connectivity index (χ4n) is 0.946. The molecule has 0 saturated carbocycles. The molecule has 0 fully saturated rings. The standard InChI is InChI=1S/C8H9O.C5H5.2CO.Fe/c1-7-3-5-8(9-2)6-4-7;1-2-4-5-3-1;2*1-2;/h3-6H,1H2,2H3;1-5H;;;/q2*-1;;;+2. The van der Waals surface area contributed by atoms with Crippen molar-refractivity contribution in [2.24, 2.45) is 0 Å². The first-order valence-electron chi connectivity index (χ1n) is 4.86. The van der Waals surface area contributed by atoms with Gasteiger partial charge in [0, 0.05) is 0 Å². The average molecular weight is 298 g/mol. The van der Waals surface area contributed by atoms with Gasteiger partial charge in [-0.15, -0.1) is 0 Å². The van der Waals surface area contributed by atoms with Gasteiger partial charge in [-0.1, -0.05) is 12.1 Å². The van der Waals surface area contributed by atoms with Crippen LogP contribution in [0.5, 0.6) is 5.75 Å². The molecule has 0 amide bonds. The van der Waals surface area contributed by atoms with Crippen LogP contribution < -0.4 is 4.74 Å². The van der Waals surface area contributed by atoms with Gasteiger partial charge in [0.1, 0.15) is 0 Å². The van der Waals surface area contributed by atoms with E-state index in [-0.39, 0.29) is 17.1 Å². The molecule has 2 aromatic carbocycles. The molecule has 100 valence electrons. The summed E-state index contributed by atoms with van der Waals surface area (Å²) in [6, 6.07) is 17.6. The second-order valence-electron chi connectivity index (χ2n) is 2.81. The third-order valence-corrected chi connectivity index (χ3v) is 1.71. The van der Waals surface area contributed by atoms with E-state index in [1.165, 1.54) is 0 Å². The summed E-state index contributed by atoms with van der Waals surface area (Å²) in [5.74, 6) is 0.877. The molecule has 0 radical (unpaired) electrons. The smallest absolute Gasteiger partial charge is 0.499 e. The number of benzene rings is 1. The Hall–Kier alpha value is -1.76. The van der Waals surface area contributed by atoms with Crippen LogP contribution in [0, 0.1) is 20.2 Å². The van der Waals surface area contributed by atoms with Gasteiger partial charge < -0.3 is 4.74 Å². The van der Waals surface area contributed by atoms with Crippen LogP contribution in [-0.4, -0.2) is 7.11 Å². The first-order valence-corrected chi connectivity index (χ1v) is 4.86.